The van der Waals surface area contributed by atoms with Crippen molar-refractivity contribution in [2.45, 2.75) is 31.7 Å². The molecule has 192 valence electrons. The molecule has 5 rings (SSSR count). The molecule has 9 nitrogen and oxygen atoms in total. The van der Waals surface area contributed by atoms with Crippen LogP contribution in [0.2, 0.25) is 0 Å². The van der Waals surface area contributed by atoms with Gasteiger partial charge >= 0.3 is 11.9 Å². The van der Waals surface area contributed by atoms with Gasteiger partial charge in [-0.1, -0.05) is 42.5 Å². The minimum absolute atomic E-state index is 0.0258. The zero-order valence-electron chi connectivity index (χ0n) is 21.2. The van der Waals surface area contributed by atoms with Crippen LogP contribution in [0.1, 0.15) is 30.1 Å². The largest absolute Gasteiger partial charge is 0.466 e. The van der Waals surface area contributed by atoms with Gasteiger partial charge in [-0.25, -0.2) is 14.6 Å². The van der Waals surface area contributed by atoms with Crippen LogP contribution in [-0.4, -0.2) is 35.7 Å². The van der Waals surface area contributed by atoms with Gasteiger partial charge in [0, 0.05) is 30.4 Å². The van der Waals surface area contributed by atoms with Gasteiger partial charge in [0.2, 0.25) is 0 Å². The SMILES string of the molecule is COC(=O)C1=C(C(=O)OC)N(c2ccc(-c3cn4c(n3)CCCC4)cc2)C(N)=C(C#N)C1c1ccccc1. The first kappa shape index (κ1) is 24.8. The number of fused-ring (bicyclic) bond motifs is 1. The number of aromatic nitrogens is 2. The van der Waals surface area contributed by atoms with E-state index in [1.54, 1.807) is 36.4 Å². The predicted molar refractivity (Wildman–Crippen MR) is 140 cm³/mol. The van der Waals surface area contributed by atoms with Gasteiger partial charge in [0.25, 0.3) is 0 Å². The third-order valence-corrected chi connectivity index (χ3v) is 6.94. The van der Waals surface area contributed by atoms with Crippen molar-refractivity contribution >= 4 is 17.6 Å². The summed E-state index contributed by atoms with van der Waals surface area (Å²) in [5.74, 6) is -1.35. The number of anilines is 1. The van der Waals surface area contributed by atoms with Crippen molar-refractivity contribution in [3.8, 4) is 17.3 Å². The van der Waals surface area contributed by atoms with Gasteiger partial charge in [0.15, 0.2) is 0 Å². The Balaban J connectivity index is 1.65. The van der Waals surface area contributed by atoms with Crippen LogP contribution in [0, 0.1) is 11.3 Å². The molecule has 38 heavy (non-hydrogen) atoms. The number of hydrogen-bond acceptors (Lipinski definition) is 8. The number of methoxy groups -OCH3 is 2. The van der Waals surface area contributed by atoms with Crippen molar-refractivity contribution in [3.05, 3.63) is 94.8 Å². The fourth-order valence-electron chi connectivity index (χ4n) is 5.11. The number of hydrogen-bond donors (Lipinski definition) is 1. The van der Waals surface area contributed by atoms with Crippen LogP contribution < -0.4 is 10.6 Å². The molecule has 0 spiro atoms. The molecule has 2 aromatic carbocycles. The molecule has 2 aliphatic rings. The third kappa shape index (κ3) is 4.20. The number of carbonyl (C=O) groups excluding carboxylic acids is 2. The van der Waals surface area contributed by atoms with Gasteiger partial charge in [0.05, 0.1) is 43.0 Å². The highest BCUT2D eigenvalue weighted by molar-refractivity contribution is 6.06. The second-order valence-electron chi connectivity index (χ2n) is 9.08. The first-order valence-corrected chi connectivity index (χ1v) is 12.3. The Bertz CT molecular complexity index is 1470. The second-order valence-corrected chi connectivity index (χ2v) is 9.08. The van der Waals surface area contributed by atoms with E-state index in [0.29, 0.717) is 11.3 Å². The molecule has 2 N–H and O–H groups in total. The summed E-state index contributed by atoms with van der Waals surface area (Å²) in [7, 11) is 2.45. The lowest BCUT2D eigenvalue weighted by Crippen LogP contribution is -2.40. The van der Waals surface area contributed by atoms with Gasteiger partial charge in [-0.3, -0.25) is 4.90 Å². The van der Waals surface area contributed by atoms with Gasteiger partial charge in [-0.2, -0.15) is 5.26 Å². The zero-order chi connectivity index (χ0) is 26.8. The van der Waals surface area contributed by atoms with Crippen LogP contribution in [0.3, 0.4) is 0 Å². The fourth-order valence-corrected chi connectivity index (χ4v) is 5.11. The molecule has 1 unspecified atom stereocenters. The van der Waals surface area contributed by atoms with Crippen LogP contribution in [0.4, 0.5) is 5.69 Å². The highest BCUT2D eigenvalue weighted by Crippen LogP contribution is 2.43. The fraction of sp³-hybridized carbons (Fsp3) is 0.241. The molecule has 3 heterocycles. The van der Waals surface area contributed by atoms with E-state index >= 15 is 0 Å². The second kappa shape index (κ2) is 10.3. The van der Waals surface area contributed by atoms with E-state index in [9.17, 15) is 14.9 Å². The molecule has 0 radical (unpaired) electrons. The molecular weight excluding hydrogens is 482 g/mol. The number of esters is 2. The number of aryl methyl sites for hydroxylation is 2. The summed E-state index contributed by atoms with van der Waals surface area (Å²) in [6.07, 6.45) is 5.27. The molecule has 2 aliphatic heterocycles. The van der Waals surface area contributed by atoms with E-state index in [1.165, 1.54) is 19.1 Å². The average molecular weight is 510 g/mol. The molecule has 0 aliphatic carbocycles. The monoisotopic (exact) mass is 509 g/mol. The molecule has 9 heteroatoms. The van der Waals surface area contributed by atoms with Gasteiger partial charge in [-0.05, 0) is 30.5 Å². The summed E-state index contributed by atoms with van der Waals surface area (Å²) in [5, 5.41) is 10.2. The van der Waals surface area contributed by atoms with Crippen LogP contribution in [0.15, 0.2) is 83.5 Å². The average Bonchev–Trinajstić information content (AvgIpc) is 3.40. The van der Waals surface area contributed by atoms with Crippen molar-refractivity contribution < 1.29 is 19.1 Å². The minimum atomic E-state index is -0.907. The van der Waals surface area contributed by atoms with Gasteiger partial charge in [-0.15, -0.1) is 0 Å². The Morgan fingerprint density at radius 1 is 1.03 bits per heavy atom. The van der Waals surface area contributed by atoms with Crippen LogP contribution in [-0.2, 0) is 32.0 Å². The van der Waals surface area contributed by atoms with Crippen molar-refractivity contribution in [1.82, 2.24) is 9.55 Å². The summed E-state index contributed by atoms with van der Waals surface area (Å²) in [6.45, 7) is 0.957. The molecule has 0 fully saturated rings. The third-order valence-electron chi connectivity index (χ3n) is 6.94. The number of carbonyl (C=O) groups is 2. The minimum Gasteiger partial charge on any atom is -0.466 e. The Morgan fingerprint density at radius 2 is 1.74 bits per heavy atom. The van der Waals surface area contributed by atoms with E-state index in [1.807, 2.05) is 24.4 Å². The number of imidazole rings is 1. The lowest BCUT2D eigenvalue weighted by Gasteiger charge is -2.35. The zero-order valence-corrected chi connectivity index (χ0v) is 21.2. The topological polar surface area (TPSA) is 123 Å². The number of nitrogens with two attached hydrogens (primary N) is 1. The Labute approximate surface area is 220 Å². The van der Waals surface area contributed by atoms with E-state index in [-0.39, 0.29) is 22.7 Å². The van der Waals surface area contributed by atoms with E-state index < -0.39 is 17.9 Å². The van der Waals surface area contributed by atoms with Crippen LogP contribution in [0.25, 0.3) is 11.3 Å². The lowest BCUT2D eigenvalue weighted by atomic mass is 9.81. The predicted octanol–water partition coefficient (Wildman–Crippen LogP) is 3.78. The van der Waals surface area contributed by atoms with Crippen molar-refractivity contribution in [2.24, 2.45) is 5.73 Å². The maximum atomic E-state index is 13.2. The highest BCUT2D eigenvalue weighted by Gasteiger charge is 2.43. The maximum absolute atomic E-state index is 13.2. The van der Waals surface area contributed by atoms with Crippen molar-refractivity contribution in [1.29, 1.82) is 5.26 Å². The first-order valence-electron chi connectivity index (χ1n) is 12.3. The number of nitrogens with zero attached hydrogens (tertiary/aromatic N) is 4. The maximum Gasteiger partial charge on any atom is 0.355 e. The number of nitriles is 1. The molecule has 3 aromatic rings. The summed E-state index contributed by atoms with van der Waals surface area (Å²) < 4.78 is 12.4. The molecule has 0 amide bonds. The van der Waals surface area contributed by atoms with Gasteiger partial charge < -0.3 is 19.8 Å². The van der Waals surface area contributed by atoms with Crippen molar-refractivity contribution in [3.63, 3.8) is 0 Å². The number of allylic oxidation sites excluding steroid dienone is 1. The number of rotatable bonds is 5. The summed E-state index contributed by atoms with van der Waals surface area (Å²) in [4.78, 5) is 32.5. The molecular formula is C29H27N5O4. The Kier molecular flexibility index (Phi) is 6.71. The molecule has 1 atom stereocenters. The lowest BCUT2D eigenvalue weighted by molar-refractivity contribution is -0.139. The number of benzene rings is 2. The van der Waals surface area contributed by atoms with E-state index in [2.05, 4.69) is 10.6 Å². The van der Waals surface area contributed by atoms with E-state index in [0.717, 1.165) is 42.9 Å². The Morgan fingerprint density at radius 3 is 2.37 bits per heavy atom. The van der Waals surface area contributed by atoms with Crippen LogP contribution in [0.5, 0.6) is 0 Å². The normalized spacial score (nSPS) is 17.1. The van der Waals surface area contributed by atoms with Crippen molar-refractivity contribution in [2.75, 3.05) is 19.1 Å². The standard InChI is InChI=1S/C29H27N5O4/c1-37-28(35)25-24(19-8-4-3-5-9-19)21(16-30)27(31)34(26(25)29(36)38-2)20-13-11-18(12-14-20)22-17-33-15-7-6-10-23(33)32-22/h3-5,8-9,11-14,17,24H,6-7,10,15,31H2,1-2H3. The molecule has 0 saturated heterocycles. The molecule has 1 aromatic heterocycles. The number of ether oxygens (including phenoxy) is 2. The van der Waals surface area contributed by atoms with Gasteiger partial charge in [0.1, 0.15) is 17.3 Å². The summed E-state index contributed by atoms with van der Waals surface area (Å²) in [5.41, 5.74) is 9.42. The van der Waals surface area contributed by atoms with Crippen LogP contribution >= 0.6 is 0 Å². The summed E-state index contributed by atoms with van der Waals surface area (Å²) >= 11 is 0. The smallest absolute Gasteiger partial charge is 0.355 e. The highest BCUT2D eigenvalue weighted by atomic mass is 16.5. The molecule has 0 bridgehead atoms. The Hall–Kier alpha value is -4.84. The quantitative estimate of drug-likeness (QED) is 0.516. The molecule has 0 saturated carbocycles. The summed E-state index contributed by atoms with van der Waals surface area (Å²) in [6, 6.07) is 18.4. The first-order chi connectivity index (χ1) is 18.5. The van der Waals surface area contributed by atoms with E-state index in [4.69, 9.17) is 20.2 Å².